The van der Waals surface area contributed by atoms with Gasteiger partial charge in [0, 0.05) is 16.5 Å². The first kappa shape index (κ1) is 42.9. The number of aromatic nitrogens is 2. The summed E-state index contributed by atoms with van der Waals surface area (Å²) in [6.45, 7) is 0. The molecule has 0 N–H and O–H groups in total. The molecule has 0 amide bonds. The van der Waals surface area contributed by atoms with Crippen LogP contribution in [-0.4, -0.2) is 9.97 Å². The Morgan fingerprint density at radius 3 is 1.79 bits per heavy atom. The average Bonchev–Trinajstić information content (AvgIpc) is 3.94. The highest BCUT2D eigenvalue weighted by Crippen LogP contribution is 2.61. The maximum Gasteiger partial charge on any atom is 0.0972 e. The molecule has 7 aliphatic rings. The summed E-state index contributed by atoms with van der Waals surface area (Å²) >= 11 is 0. The van der Waals surface area contributed by atoms with Crippen LogP contribution in [-0.2, 0) is 17.3 Å². The van der Waals surface area contributed by atoms with Crippen LogP contribution in [0.2, 0.25) is 0 Å². The van der Waals surface area contributed by atoms with Gasteiger partial charge in [0.1, 0.15) is 0 Å². The summed E-state index contributed by atoms with van der Waals surface area (Å²) in [6, 6.07) is 55.3. The van der Waals surface area contributed by atoms with E-state index in [1.165, 1.54) is 77.9 Å². The Kier molecular flexibility index (Phi) is 10.4. The molecule has 0 saturated carbocycles. The van der Waals surface area contributed by atoms with Crippen molar-refractivity contribution in [2.45, 2.75) is 62.2 Å². The summed E-state index contributed by atoms with van der Waals surface area (Å²) in [5.74, 6) is 0.649. The van der Waals surface area contributed by atoms with Crippen molar-refractivity contribution in [1.82, 2.24) is 9.97 Å². The molecule has 7 aliphatic carbocycles. The van der Waals surface area contributed by atoms with Gasteiger partial charge < -0.3 is 0 Å². The fraction of sp³-hybridized carbons (Fsp3) is 0.171. The molecule has 0 bridgehead atoms. The molecule has 0 radical (unpaired) electrons. The number of allylic oxidation sites excluding steroid dienone is 17. The number of hydrogen-bond acceptors (Lipinski definition) is 2. The maximum atomic E-state index is 5.45. The minimum Gasteiger partial charge on any atom is -0.248 e. The minimum absolute atomic E-state index is 0.224. The molecule has 0 aliphatic heterocycles. The minimum atomic E-state index is -0.260. The molecular formula is C70H56N2. The van der Waals surface area contributed by atoms with Gasteiger partial charge in [-0.15, -0.1) is 0 Å². The van der Waals surface area contributed by atoms with Crippen LogP contribution in [0.3, 0.4) is 0 Å². The van der Waals surface area contributed by atoms with Crippen LogP contribution < -0.4 is 0 Å². The summed E-state index contributed by atoms with van der Waals surface area (Å²) in [6.07, 6.45) is 40.6. The third-order valence-electron chi connectivity index (χ3n) is 17.1. The summed E-state index contributed by atoms with van der Waals surface area (Å²) in [7, 11) is 0. The smallest absolute Gasteiger partial charge is 0.0972 e. The van der Waals surface area contributed by atoms with Crippen LogP contribution in [0.15, 0.2) is 236 Å². The molecule has 2 nitrogen and oxygen atoms in total. The molecule has 0 spiro atoms. The number of hydrogen-bond donors (Lipinski definition) is 0. The second-order valence-corrected chi connectivity index (χ2v) is 20.7. The van der Waals surface area contributed by atoms with Crippen LogP contribution >= 0.6 is 0 Å². The van der Waals surface area contributed by atoms with Gasteiger partial charge in [0.2, 0.25) is 0 Å². The lowest BCUT2D eigenvalue weighted by Gasteiger charge is -2.42. The lowest BCUT2D eigenvalue weighted by atomic mass is 9.60. The number of rotatable bonds is 8. The summed E-state index contributed by atoms with van der Waals surface area (Å²) in [4.78, 5) is 10.9. The van der Waals surface area contributed by atoms with Gasteiger partial charge in [-0.3, -0.25) is 0 Å². The second kappa shape index (κ2) is 17.4. The topological polar surface area (TPSA) is 25.8 Å². The van der Waals surface area contributed by atoms with Gasteiger partial charge >= 0.3 is 0 Å². The molecule has 72 heavy (non-hydrogen) atoms. The van der Waals surface area contributed by atoms with Crippen molar-refractivity contribution >= 4 is 17.2 Å². The summed E-state index contributed by atoms with van der Waals surface area (Å²) < 4.78 is 0. The standard InChI is InChI=1S/C70H56N2/c1-5-19-53(20-6-1)69(54-21-7-2-8-22-54)61-29-15-13-27-57(61)59-43-41-51(45-63(59)69)47-33-37-49(38-34-47)67-68(72-66-32-18-17-31-65(66)71-67)50-39-35-48(36-40-50)52-42-44-60-58-28-14-16-30-62(58)70(64(60)46-52,55-23-9-3-10-24-55)56-25-11-4-12-26-56/h1-11,13-16,18-21,23,25,27-30,32-40,42,44-46,54-55H,12,17,22,24,26,31,41,43H2. The van der Waals surface area contributed by atoms with Crippen LogP contribution in [0, 0.1) is 11.8 Å². The van der Waals surface area contributed by atoms with Crippen molar-refractivity contribution in [1.29, 1.82) is 0 Å². The van der Waals surface area contributed by atoms with Gasteiger partial charge in [0.15, 0.2) is 0 Å². The molecule has 346 valence electrons. The van der Waals surface area contributed by atoms with E-state index in [-0.39, 0.29) is 10.8 Å². The molecule has 0 fully saturated rings. The van der Waals surface area contributed by atoms with Crippen LogP contribution in [0.4, 0.5) is 0 Å². The molecule has 14 rings (SSSR count). The SMILES string of the molecule is C1=CCCC(C2(C3C=CC=CC3)c3ccccc3-c3ccc(-c4ccc(-c5nc6c(nc5-c5ccc(C7=CC8=C(CC7)c7ccccc7C8(c7ccccc7)C7C=CC=CC7)cc5)CCC=C6)cc4)cc32)=C1. The number of benzene rings is 6. The summed E-state index contributed by atoms with van der Waals surface area (Å²) in [5.41, 5.74) is 25.0. The Bertz CT molecular complexity index is 3620. The van der Waals surface area contributed by atoms with E-state index in [0.29, 0.717) is 11.8 Å². The predicted molar refractivity (Wildman–Crippen MR) is 299 cm³/mol. The Hall–Kier alpha value is -7.94. The Morgan fingerprint density at radius 1 is 0.444 bits per heavy atom. The first-order valence-corrected chi connectivity index (χ1v) is 26.4. The van der Waals surface area contributed by atoms with Crippen molar-refractivity contribution in [2.75, 3.05) is 0 Å². The van der Waals surface area contributed by atoms with E-state index in [2.05, 4.69) is 231 Å². The van der Waals surface area contributed by atoms with Gasteiger partial charge in [0.25, 0.3) is 0 Å². The van der Waals surface area contributed by atoms with Crippen molar-refractivity contribution in [3.8, 4) is 44.8 Å². The normalized spacial score (nSPS) is 23.0. The van der Waals surface area contributed by atoms with E-state index in [1.807, 2.05) is 0 Å². The quantitative estimate of drug-likeness (QED) is 0.152. The van der Waals surface area contributed by atoms with E-state index >= 15 is 0 Å². The zero-order valence-corrected chi connectivity index (χ0v) is 40.6. The van der Waals surface area contributed by atoms with Crippen molar-refractivity contribution in [3.63, 3.8) is 0 Å². The third kappa shape index (κ3) is 6.61. The zero-order valence-electron chi connectivity index (χ0n) is 40.6. The van der Waals surface area contributed by atoms with Crippen LogP contribution in [0.25, 0.3) is 62.0 Å². The number of nitrogens with zero attached hydrogens (tertiary/aromatic N) is 2. The second-order valence-electron chi connectivity index (χ2n) is 20.7. The molecule has 1 heterocycles. The first-order valence-electron chi connectivity index (χ1n) is 26.4. The van der Waals surface area contributed by atoms with Gasteiger partial charge in [0.05, 0.1) is 28.2 Å². The third-order valence-corrected chi connectivity index (χ3v) is 17.1. The Labute approximate surface area is 424 Å². The highest BCUT2D eigenvalue weighted by molar-refractivity contribution is 5.92. The van der Waals surface area contributed by atoms with E-state index in [0.717, 1.165) is 85.3 Å². The molecule has 7 aromatic rings. The lowest BCUT2D eigenvalue weighted by Crippen LogP contribution is -2.36. The maximum absolute atomic E-state index is 5.45. The van der Waals surface area contributed by atoms with Crippen molar-refractivity contribution in [3.05, 3.63) is 280 Å². The lowest BCUT2D eigenvalue weighted by molar-refractivity contribution is 0.435. The average molecular weight is 925 g/mol. The van der Waals surface area contributed by atoms with Crippen LogP contribution in [0.5, 0.6) is 0 Å². The monoisotopic (exact) mass is 924 g/mol. The highest BCUT2D eigenvalue weighted by Gasteiger charge is 2.51. The Morgan fingerprint density at radius 2 is 1.07 bits per heavy atom. The fourth-order valence-corrected chi connectivity index (χ4v) is 13.9. The molecule has 6 aromatic carbocycles. The van der Waals surface area contributed by atoms with E-state index in [1.54, 1.807) is 0 Å². The number of fused-ring (bicyclic) bond motifs is 6. The molecule has 1 aromatic heterocycles. The van der Waals surface area contributed by atoms with Gasteiger partial charge in [-0.05, 0) is 148 Å². The molecule has 4 unspecified atom stereocenters. The van der Waals surface area contributed by atoms with Gasteiger partial charge in [-0.2, -0.15) is 0 Å². The molecule has 0 saturated heterocycles. The summed E-state index contributed by atoms with van der Waals surface area (Å²) in [5, 5.41) is 0. The van der Waals surface area contributed by atoms with Crippen molar-refractivity contribution < 1.29 is 0 Å². The first-order chi connectivity index (χ1) is 35.7. The molecule has 4 atom stereocenters. The van der Waals surface area contributed by atoms with E-state index in [4.69, 9.17) is 9.97 Å². The van der Waals surface area contributed by atoms with E-state index < -0.39 is 0 Å². The highest BCUT2D eigenvalue weighted by atomic mass is 14.9. The van der Waals surface area contributed by atoms with Crippen molar-refractivity contribution in [2.24, 2.45) is 11.8 Å². The zero-order chi connectivity index (χ0) is 47.6. The van der Waals surface area contributed by atoms with E-state index in [9.17, 15) is 0 Å². The molecular weight excluding hydrogens is 869 g/mol. The van der Waals surface area contributed by atoms with Gasteiger partial charge in [-0.25, -0.2) is 9.97 Å². The molecule has 2 heteroatoms. The largest absolute Gasteiger partial charge is 0.248 e. The fourth-order valence-electron chi connectivity index (χ4n) is 13.9. The Balaban J connectivity index is 0.827. The number of aryl methyl sites for hydroxylation is 1. The van der Waals surface area contributed by atoms with Gasteiger partial charge in [-0.1, -0.05) is 224 Å². The van der Waals surface area contributed by atoms with Crippen LogP contribution in [0.1, 0.15) is 89.7 Å². The predicted octanol–water partition coefficient (Wildman–Crippen LogP) is 17.2.